The van der Waals surface area contributed by atoms with Gasteiger partial charge >= 0.3 is 6.09 Å². The van der Waals surface area contributed by atoms with Crippen LogP contribution in [0.25, 0.3) is 11.3 Å². The number of piperidine rings is 1. The van der Waals surface area contributed by atoms with Crippen LogP contribution in [-0.4, -0.2) is 105 Å². The third kappa shape index (κ3) is 15.9. The molecule has 0 unspecified atom stereocenters. The van der Waals surface area contributed by atoms with E-state index in [2.05, 4.69) is 73.8 Å². The summed E-state index contributed by atoms with van der Waals surface area (Å²) in [5, 5.41) is 19.9. The van der Waals surface area contributed by atoms with E-state index in [0.717, 1.165) is 64.8 Å². The van der Waals surface area contributed by atoms with Gasteiger partial charge < -0.3 is 31.3 Å². The largest absolute Gasteiger partial charge is 0.444 e. The SMILES string of the molecule is CSc1nc(Cl)n2ncc(C(C)C)c2n1.CSc1nc(NCc2cccc(C(=O)N[C@H]3CCCN(C(=O)OC(C)(C)C)C3)c2)n2ncc(C(C)C)c2n1.NCc1cccc(C(=O)NC2CCCCC2)c1.S. The molecule has 2 aliphatic rings. The summed E-state index contributed by atoms with van der Waals surface area (Å²) in [7, 11) is 0. The molecule has 0 spiro atoms. The third-order valence-electron chi connectivity index (χ3n) is 11.7. The van der Waals surface area contributed by atoms with E-state index in [9.17, 15) is 14.4 Å². The second-order valence-corrected chi connectivity index (χ2v) is 20.9. The van der Waals surface area contributed by atoms with Crippen molar-refractivity contribution in [1.82, 2.24) is 54.7 Å². The number of aromatic nitrogens is 8. The first-order valence-electron chi connectivity index (χ1n) is 23.9. The monoisotopic (exact) mass is 1050 g/mol. The Balaban J connectivity index is 0.000000233. The van der Waals surface area contributed by atoms with Gasteiger partial charge in [0.15, 0.2) is 21.6 Å². The van der Waals surface area contributed by atoms with Gasteiger partial charge in [0.1, 0.15) is 5.60 Å². The number of ether oxygens (including phenoxy) is 1. The first-order chi connectivity index (χ1) is 33.5. The quantitative estimate of drug-likeness (QED) is 0.0841. The smallest absolute Gasteiger partial charge is 0.410 e. The number of carbonyl (C=O) groups excluding carboxylic acids is 3. The molecule has 71 heavy (non-hydrogen) atoms. The van der Waals surface area contributed by atoms with Gasteiger partial charge in [0, 0.05) is 60.5 Å². The molecule has 0 radical (unpaired) electrons. The second kappa shape index (κ2) is 26.5. The molecule has 1 saturated carbocycles. The molecule has 1 atom stereocenters. The molecule has 1 saturated heterocycles. The van der Waals surface area contributed by atoms with Crippen LogP contribution in [0.5, 0.6) is 0 Å². The highest BCUT2D eigenvalue weighted by atomic mass is 35.5. The highest BCUT2D eigenvalue weighted by Gasteiger charge is 2.29. The molecule has 5 heterocycles. The van der Waals surface area contributed by atoms with Gasteiger partial charge in [-0.05, 0) is 118 Å². The minimum absolute atomic E-state index is 0. The first-order valence-corrected chi connectivity index (χ1v) is 26.8. The summed E-state index contributed by atoms with van der Waals surface area (Å²) in [4.78, 5) is 57.0. The van der Waals surface area contributed by atoms with E-state index in [-0.39, 0.29) is 37.4 Å². The highest BCUT2D eigenvalue weighted by Crippen LogP contribution is 2.25. The van der Waals surface area contributed by atoms with Gasteiger partial charge in [-0.2, -0.15) is 42.7 Å². The lowest BCUT2D eigenvalue weighted by Gasteiger charge is -2.34. The fourth-order valence-corrected chi connectivity index (χ4v) is 9.01. The second-order valence-electron chi connectivity index (χ2n) is 19.0. The molecule has 6 aromatic rings. The minimum Gasteiger partial charge on any atom is -0.444 e. The van der Waals surface area contributed by atoms with Gasteiger partial charge in [0.2, 0.25) is 11.2 Å². The lowest BCUT2D eigenvalue weighted by Crippen LogP contribution is -2.50. The van der Waals surface area contributed by atoms with E-state index in [1.54, 1.807) is 26.2 Å². The normalized spacial score (nSPS) is 15.1. The fourth-order valence-electron chi connectivity index (χ4n) is 8.04. The number of nitrogens with one attached hydrogen (secondary N) is 3. The summed E-state index contributed by atoms with van der Waals surface area (Å²) in [6.07, 6.45) is 14.8. The Bertz CT molecular complexity index is 2720. The van der Waals surface area contributed by atoms with Gasteiger partial charge in [0.25, 0.3) is 11.8 Å². The van der Waals surface area contributed by atoms with Crippen LogP contribution >= 0.6 is 48.6 Å². The van der Waals surface area contributed by atoms with Crippen molar-refractivity contribution in [2.45, 2.75) is 146 Å². The van der Waals surface area contributed by atoms with Crippen LogP contribution in [0.1, 0.15) is 148 Å². The average Bonchev–Trinajstić information content (AvgIpc) is 3.99. The lowest BCUT2D eigenvalue weighted by atomic mass is 9.95. The first kappa shape index (κ1) is 56.8. The van der Waals surface area contributed by atoms with E-state index < -0.39 is 5.60 Å². The van der Waals surface area contributed by atoms with Crippen molar-refractivity contribution in [2.24, 2.45) is 5.73 Å². The van der Waals surface area contributed by atoms with Crippen LogP contribution in [0.4, 0.5) is 10.7 Å². The zero-order valence-electron chi connectivity index (χ0n) is 42.3. The number of halogens is 1. The molecule has 1 aliphatic carbocycles. The maximum Gasteiger partial charge on any atom is 0.410 e. The highest BCUT2D eigenvalue weighted by molar-refractivity contribution is 7.98. The number of amides is 3. The van der Waals surface area contributed by atoms with Crippen molar-refractivity contribution in [3.05, 3.63) is 99.6 Å². The maximum absolute atomic E-state index is 13.1. The van der Waals surface area contributed by atoms with Crippen LogP contribution in [0.3, 0.4) is 0 Å². The fraction of sp³-hybridized carbons (Fsp3) is 0.500. The van der Waals surface area contributed by atoms with Crippen LogP contribution in [-0.2, 0) is 17.8 Å². The van der Waals surface area contributed by atoms with Gasteiger partial charge in [-0.1, -0.05) is 94.7 Å². The maximum atomic E-state index is 13.1. The average molecular weight is 1050 g/mol. The molecule has 5 N–H and O–H groups in total. The molecule has 4 aromatic heterocycles. The van der Waals surface area contributed by atoms with E-state index in [0.29, 0.717) is 71.2 Å². The zero-order chi connectivity index (χ0) is 50.5. The van der Waals surface area contributed by atoms with E-state index >= 15 is 0 Å². The number of benzene rings is 2. The van der Waals surface area contributed by atoms with E-state index in [1.807, 2.05) is 81.9 Å². The van der Waals surface area contributed by atoms with Gasteiger partial charge in [-0.3, -0.25) is 9.59 Å². The number of hydrogen-bond acceptors (Lipinski definition) is 14. The number of nitrogens with zero attached hydrogens (tertiary/aromatic N) is 9. The van der Waals surface area contributed by atoms with E-state index in [1.165, 1.54) is 42.8 Å². The summed E-state index contributed by atoms with van der Waals surface area (Å²) in [5.74, 6) is 1.15. The molecule has 8 rings (SSSR count). The Morgan fingerprint density at radius 1 is 0.761 bits per heavy atom. The summed E-state index contributed by atoms with van der Waals surface area (Å²) in [5.41, 5.74) is 12.0. The van der Waals surface area contributed by atoms with Crippen molar-refractivity contribution >= 4 is 83.8 Å². The molecule has 21 heteroatoms. The van der Waals surface area contributed by atoms with Crippen molar-refractivity contribution in [1.29, 1.82) is 0 Å². The molecule has 2 aromatic carbocycles. The predicted molar refractivity (Wildman–Crippen MR) is 289 cm³/mol. The van der Waals surface area contributed by atoms with Crippen molar-refractivity contribution in [2.75, 3.05) is 30.9 Å². The summed E-state index contributed by atoms with van der Waals surface area (Å²) in [6.45, 7) is 16.0. The van der Waals surface area contributed by atoms with Gasteiger partial charge in [-0.25, -0.2) is 14.8 Å². The lowest BCUT2D eigenvalue weighted by molar-refractivity contribution is 0.0185. The minimum atomic E-state index is -0.551. The third-order valence-corrected chi connectivity index (χ3v) is 13.1. The van der Waals surface area contributed by atoms with Crippen molar-refractivity contribution < 1.29 is 19.1 Å². The molecule has 17 nitrogen and oxygen atoms in total. The molecule has 2 fully saturated rings. The standard InChI is InChI=1S/C27H37N7O3S.C14H20N2O.C9H11ClN4S.H2S/c1-17(2)21-15-29-34-22(21)31-25(38-6)32-24(34)28-14-18-9-7-10-19(13-18)23(35)30-20-11-8-12-33(16-20)26(36)37-27(3,4)5;15-10-11-5-4-6-12(9-11)14(17)16-13-7-2-1-3-8-13;1-5(2)6-4-11-14-7(6)12-9(15-3)13-8(14)10;/h7,9-10,13,15,17,20H,8,11-12,14,16H2,1-6H3,(H,30,35)(H,28,31,32);4-6,9,13H,1-3,7-8,10,15H2,(H,16,17);4-5H,1-3H3;1H2/t20-;;;/m0.../s1. The van der Waals surface area contributed by atoms with Gasteiger partial charge in [0.05, 0.1) is 12.4 Å². The number of anilines is 1. The van der Waals surface area contributed by atoms with Crippen molar-refractivity contribution in [3.63, 3.8) is 0 Å². The Morgan fingerprint density at radius 2 is 1.30 bits per heavy atom. The number of thioether (sulfide) groups is 2. The molecule has 384 valence electrons. The number of hydrogen-bond donors (Lipinski definition) is 4. The van der Waals surface area contributed by atoms with Crippen LogP contribution in [0.15, 0.2) is 71.2 Å². The Labute approximate surface area is 437 Å². The summed E-state index contributed by atoms with van der Waals surface area (Å²) < 4.78 is 8.79. The predicted octanol–water partition coefficient (Wildman–Crippen LogP) is 9.65. The number of nitrogens with two attached hydrogens (primary N) is 1. The molecular formula is C50H70ClN13O4S3. The van der Waals surface area contributed by atoms with E-state index in [4.69, 9.17) is 22.1 Å². The molecule has 0 bridgehead atoms. The van der Waals surface area contributed by atoms with Crippen LogP contribution in [0, 0.1) is 0 Å². The van der Waals surface area contributed by atoms with Crippen LogP contribution < -0.4 is 21.7 Å². The Morgan fingerprint density at radius 3 is 1.87 bits per heavy atom. The molecule has 3 amide bonds. The summed E-state index contributed by atoms with van der Waals surface area (Å²) in [6, 6.07) is 15.3. The summed E-state index contributed by atoms with van der Waals surface area (Å²) >= 11 is 8.95. The zero-order valence-corrected chi connectivity index (χ0v) is 45.7. The number of rotatable bonds is 12. The molecule has 1 aliphatic heterocycles. The Kier molecular flexibility index (Phi) is 21.2. The topological polar surface area (TPSA) is 212 Å². The van der Waals surface area contributed by atoms with Crippen molar-refractivity contribution in [3.8, 4) is 0 Å². The van der Waals surface area contributed by atoms with Crippen LogP contribution in [0.2, 0.25) is 5.28 Å². The number of likely N-dealkylation sites (tertiary alicyclic amines) is 1. The molecular weight excluding hydrogens is 978 g/mol. The number of fused-ring (bicyclic) bond motifs is 2. The van der Waals surface area contributed by atoms with Gasteiger partial charge in [-0.15, -0.1) is 0 Å². The number of carbonyl (C=O) groups is 3. The Hall–Kier alpha value is -5.15.